The minimum absolute atomic E-state index is 0.0836. The molecule has 22 heavy (non-hydrogen) atoms. The zero-order valence-electron chi connectivity index (χ0n) is 13.2. The van der Waals surface area contributed by atoms with Gasteiger partial charge in [0, 0.05) is 6.54 Å². The highest BCUT2D eigenvalue weighted by atomic mass is 16.6. The molecule has 1 saturated heterocycles. The van der Waals surface area contributed by atoms with Gasteiger partial charge in [-0.3, -0.25) is 9.69 Å². The second kappa shape index (κ2) is 7.82. The first kappa shape index (κ1) is 16.3. The van der Waals surface area contributed by atoms with E-state index in [1.807, 2.05) is 37.3 Å². The number of amides is 2. The van der Waals surface area contributed by atoms with Crippen LogP contribution in [-0.2, 0) is 9.53 Å². The van der Waals surface area contributed by atoms with Crippen LogP contribution in [0, 0.1) is 0 Å². The number of benzene rings is 1. The second-order valence-electron chi connectivity index (χ2n) is 5.54. The molecule has 1 fully saturated rings. The Balaban J connectivity index is 2.01. The number of nitrogens with zero attached hydrogens (tertiary/aromatic N) is 1. The zero-order chi connectivity index (χ0) is 15.9. The highest BCUT2D eigenvalue weighted by Crippen LogP contribution is 2.20. The fourth-order valence-electron chi connectivity index (χ4n) is 2.76. The first-order chi connectivity index (χ1) is 10.6. The maximum absolute atomic E-state index is 12.5. The predicted octanol–water partition coefficient (Wildman–Crippen LogP) is 2.87. The highest BCUT2D eigenvalue weighted by Gasteiger charge is 2.33. The van der Waals surface area contributed by atoms with Crippen LogP contribution in [0.5, 0.6) is 0 Å². The monoisotopic (exact) mass is 304 g/mol. The normalized spacial score (nSPS) is 19.4. The van der Waals surface area contributed by atoms with Crippen LogP contribution >= 0.6 is 0 Å². The van der Waals surface area contributed by atoms with Crippen molar-refractivity contribution in [2.75, 3.05) is 13.2 Å². The topological polar surface area (TPSA) is 58.6 Å². The summed E-state index contributed by atoms with van der Waals surface area (Å²) in [5, 5.41) is 3.00. The average molecular weight is 304 g/mol. The quantitative estimate of drug-likeness (QED) is 0.930. The molecule has 2 atom stereocenters. The highest BCUT2D eigenvalue weighted by molar-refractivity contribution is 5.86. The summed E-state index contributed by atoms with van der Waals surface area (Å²) < 4.78 is 5.06. The molecule has 0 radical (unpaired) electrons. The smallest absolute Gasteiger partial charge is 0.410 e. The van der Waals surface area contributed by atoms with Crippen molar-refractivity contribution >= 4 is 12.0 Å². The molecule has 1 aromatic carbocycles. The maximum atomic E-state index is 12.5. The lowest BCUT2D eigenvalue weighted by Gasteiger charge is -2.34. The fourth-order valence-corrected chi connectivity index (χ4v) is 2.76. The Labute approximate surface area is 131 Å². The molecule has 120 valence electrons. The van der Waals surface area contributed by atoms with E-state index in [2.05, 4.69) is 5.32 Å². The Morgan fingerprint density at radius 1 is 1.32 bits per heavy atom. The van der Waals surface area contributed by atoms with Crippen molar-refractivity contribution in [3.05, 3.63) is 35.9 Å². The molecule has 1 heterocycles. The first-order valence-electron chi connectivity index (χ1n) is 7.92. The number of piperidine rings is 1. The minimum Gasteiger partial charge on any atom is -0.450 e. The molecule has 0 aliphatic carbocycles. The Kier molecular flexibility index (Phi) is 5.81. The Morgan fingerprint density at radius 3 is 2.73 bits per heavy atom. The van der Waals surface area contributed by atoms with Crippen LogP contribution in [0.25, 0.3) is 0 Å². The van der Waals surface area contributed by atoms with Crippen LogP contribution < -0.4 is 5.32 Å². The van der Waals surface area contributed by atoms with Gasteiger partial charge in [-0.05, 0) is 38.7 Å². The third-order valence-electron chi connectivity index (χ3n) is 3.97. The second-order valence-corrected chi connectivity index (χ2v) is 5.54. The molecular weight excluding hydrogens is 280 g/mol. The molecule has 0 spiro atoms. The van der Waals surface area contributed by atoms with E-state index in [9.17, 15) is 9.59 Å². The van der Waals surface area contributed by atoms with E-state index in [0.717, 1.165) is 18.4 Å². The molecule has 2 amide bonds. The molecule has 0 saturated carbocycles. The summed E-state index contributed by atoms with van der Waals surface area (Å²) in [6.07, 6.45) is 2.16. The molecular formula is C17H24N2O3. The SMILES string of the molecule is CCOC(=O)N1CCCC[C@H]1C(=O)N[C@H](C)c1ccccc1. The van der Waals surface area contributed by atoms with Gasteiger partial charge in [0.1, 0.15) is 6.04 Å². The lowest BCUT2D eigenvalue weighted by Crippen LogP contribution is -2.52. The molecule has 5 nitrogen and oxygen atoms in total. The van der Waals surface area contributed by atoms with Crippen LogP contribution in [0.15, 0.2) is 30.3 Å². The van der Waals surface area contributed by atoms with E-state index < -0.39 is 12.1 Å². The number of rotatable bonds is 4. The predicted molar refractivity (Wildman–Crippen MR) is 84.4 cm³/mol. The standard InChI is InChI=1S/C17H24N2O3/c1-3-22-17(21)19-12-8-7-11-15(19)16(20)18-13(2)14-9-5-4-6-10-14/h4-6,9-10,13,15H,3,7-8,11-12H2,1-2H3,(H,18,20)/t13-,15+/m1/s1. The first-order valence-corrected chi connectivity index (χ1v) is 7.92. The maximum Gasteiger partial charge on any atom is 0.410 e. The number of nitrogens with one attached hydrogen (secondary N) is 1. The molecule has 0 bridgehead atoms. The lowest BCUT2D eigenvalue weighted by molar-refractivity contribution is -0.127. The molecule has 1 aliphatic rings. The fraction of sp³-hybridized carbons (Fsp3) is 0.529. The summed E-state index contributed by atoms with van der Waals surface area (Å²) in [6, 6.07) is 9.29. The van der Waals surface area contributed by atoms with Gasteiger partial charge in [-0.1, -0.05) is 30.3 Å². The van der Waals surface area contributed by atoms with Crippen molar-refractivity contribution < 1.29 is 14.3 Å². The Morgan fingerprint density at radius 2 is 2.05 bits per heavy atom. The molecule has 0 aromatic heterocycles. The average Bonchev–Trinajstić information content (AvgIpc) is 2.55. The third-order valence-corrected chi connectivity index (χ3v) is 3.97. The number of carbonyl (C=O) groups is 2. The zero-order valence-corrected chi connectivity index (χ0v) is 13.2. The van der Waals surface area contributed by atoms with Crippen molar-refractivity contribution in [3.8, 4) is 0 Å². The van der Waals surface area contributed by atoms with Gasteiger partial charge in [0.2, 0.25) is 5.91 Å². The van der Waals surface area contributed by atoms with E-state index in [4.69, 9.17) is 4.74 Å². The minimum atomic E-state index is -0.432. The van der Waals surface area contributed by atoms with Crippen molar-refractivity contribution in [1.29, 1.82) is 0 Å². The number of hydrogen-bond acceptors (Lipinski definition) is 3. The van der Waals surface area contributed by atoms with Gasteiger partial charge in [-0.25, -0.2) is 4.79 Å². The van der Waals surface area contributed by atoms with Crippen molar-refractivity contribution in [3.63, 3.8) is 0 Å². The third kappa shape index (κ3) is 4.00. The summed E-state index contributed by atoms with van der Waals surface area (Å²) in [5.41, 5.74) is 1.05. The summed E-state index contributed by atoms with van der Waals surface area (Å²) in [6.45, 7) is 4.62. The van der Waals surface area contributed by atoms with Crippen LogP contribution in [0.1, 0.15) is 44.7 Å². The number of carbonyl (C=O) groups excluding carboxylic acids is 2. The van der Waals surface area contributed by atoms with Gasteiger partial charge in [-0.2, -0.15) is 0 Å². The van der Waals surface area contributed by atoms with Gasteiger partial charge >= 0.3 is 6.09 Å². The molecule has 1 aliphatic heterocycles. The molecule has 0 unspecified atom stereocenters. The Hall–Kier alpha value is -2.04. The van der Waals surface area contributed by atoms with E-state index >= 15 is 0 Å². The van der Waals surface area contributed by atoms with Crippen molar-refractivity contribution in [2.45, 2.75) is 45.2 Å². The molecule has 5 heteroatoms. The van der Waals surface area contributed by atoms with E-state index in [-0.39, 0.29) is 11.9 Å². The van der Waals surface area contributed by atoms with Crippen molar-refractivity contribution in [2.24, 2.45) is 0 Å². The van der Waals surface area contributed by atoms with E-state index in [1.165, 1.54) is 0 Å². The number of ether oxygens (including phenoxy) is 1. The molecule has 2 rings (SSSR count). The van der Waals surface area contributed by atoms with Crippen LogP contribution in [-0.4, -0.2) is 36.1 Å². The van der Waals surface area contributed by atoms with E-state index in [1.54, 1.807) is 11.8 Å². The van der Waals surface area contributed by atoms with Gasteiger partial charge in [0.25, 0.3) is 0 Å². The lowest BCUT2D eigenvalue weighted by atomic mass is 10.0. The summed E-state index contributed by atoms with van der Waals surface area (Å²) in [4.78, 5) is 26.1. The van der Waals surface area contributed by atoms with Gasteiger partial charge < -0.3 is 10.1 Å². The molecule has 1 N–H and O–H groups in total. The summed E-state index contributed by atoms with van der Waals surface area (Å²) in [7, 11) is 0. The van der Waals surface area contributed by atoms with Crippen LogP contribution in [0.3, 0.4) is 0 Å². The van der Waals surface area contributed by atoms with Gasteiger partial charge in [-0.15, -0.1) is 0 Å². The van der Waals surface area contributed by atoms with Crippen molar-refractivity contribution in [1.82, 2.24) is 10.2 Å². The van der Waals surface area contributed by atoms with Crippen LogP contribution in [0.2, 0.25) is 0 Å². The number of hydrogen-bond donors (Lipinski definition) is 1. The van der Waals surface area contributed by atoms with Crippen LogP contribution in [0.4, 0.5) is 4.79 Å². The largest absolute Gasteiger partial charge is 0.450 e. The summed E-state index contributed by atoms with van der Waals surface area (Å²) >= 11 is 0. The summed E-state index contributed by atoms with van der Waals surface area (Å²) in [5.74, 6) is -0.107. The Bertz CT molecular complexity index is 504. The van der Waals surface area contributed by atoms with Gasteiger partial charge in [0.15, 0.2) is 0 Å². The van der Waals surface area contributed by atoms with Gasteiger partial charge in [0.05, 0.1) is 12.6 Å². The molecule has 1 aromatic rings. The van der Waals surface area contributed by atoms with E-state index in [0.29, 0.717) is 19.6 Å². The number of likely N-dealkylation sites (tertiary alicyclic amines) is 1.